The number of carbonyl (C=O) groups excluding carboxylic acids is 1. The first-order valence-corrected chi connectivity index (χ1v) is 11.4. The second-order valence-electron chi connectivity index (χ2n) is 7.25. The van der Waals surface area contributed by atoms with Crippen molar-refractivity contribution in [3.05, 3.63) is 47.0 Å². The van der Waals surface area contributed by atoms with Crippen molar-refractivity contribution in [2.45, 2.75) is 24.7 Å². The number of halogens is 1. The molecule has 3 rings (SSSR count). The number of carbonyl (C=O) groups is 1. The molecular formula is C21H25ClN2O5S. The number of nitrogens with zero attached hydrogens (tertiary/aromatic N) is 1. The highest BCUT2D eigenvalue weighted by molar-refractivity contribution is 7.89. The third-order valence-corrected chi connectivity index (χ3v) is 7.44. The maximum atomic E-state index is 13.0. The molecule has 0 bridgehead atoms. The molecule has 1 N–H and O–H groups in total. The van der Waals surface area contributed by atoms with Crippen LogP contribution in [-0.4, -0.2) is 45.9 Å². The minimum atomic E-state index is -3.70. The summed E-state index contributed by atoms with van der Waals surface area (Å²) in [6.45, 7) is 3.05. The van der Waals surface area contributed by atoms with Crippen LogP contribution >= 0.6 is 11.6 Å². The number of hydrogen-bond acceptors (Lipinski definition) is 5. The van der Waals surface area contributed by atoms with Gasteiger partial charge < -0.3 is 14.8 Å². The molecule has 0 aliphatic carbocycles. The number of nitrogens with one attached hydrogen (secondary N) is 1. The lowest BCUT2D eigenvalue weighted by Crippen LogP contribution is -2.37. The molecule has 0 spiro atoms. The molecule has 0 radical (unpaired) electrons. The van der Waals surface area contributed by atoms with Gasteiger partial charge in [0, 0.05) is 19.2 Å². The number of amides is 1. The molecule has 0 saturated carbocycles. The van der Waals surface area contributed by atoms with E-state index < -0.39 is 15.9 Å². The topological polar surface area (TPSA) is 84.9 Å². The van der Waals surface area contributed by atoms with Gasteiger partial charge in [0.25, 0.3) is 5.91 Å². The molecular weight excluding hydrogens is 428 g/mol. The Balaban J connectivity index is 1.87. The maximum Gasteiger partial charge on any atom is 0.257 e. The first-order chi connectivity index (χ1) is 14.3. The molecule has 0 unspecified atom stereocenters. The van der Waals surface area contributed by atoms with Gasteiger partial charge in [0.05, 0.1) is 35.4 Å². The van der Waals surface area contributed by atoms with E-state index in [-0.39, 0.29) is 15.5 Å². The Bertz CT molecular complexity index is 1030. The summed E-state index contributed by atoms with van der Waals surface area (Å²) in [6.07, 6.45) is 1.63. The molecule has 9 heteroatoms. The van der Waals surface area contributed by atoms with E-state index in [4.69, 9.17) is 21.1 Å². The lowest BCUT2D eigenvalue weighted by atomic mass is 10.0. The number of sulfonamides is 1. The molecule has 1 aliphatic heterocycles. The Morgan fingerprint density at radius 3 is 2.43 bits per heavy atom. The zero-order valence-electron chi connectivity index (χ0n) is 17.1. The number of anilines is 1. The number of hydrogen-bond donors (Lipinski definition) is 1. The fourth-order valence-electron chi connectivity index (χ4n) is 3.30. The van der Waals surface area contributed by atoms with Crippen LogP contribution in [0.15, 0.2) is 41.3 Å². The zero-order valence-corrected chi connectivity index (χ0v) is 18.7. The SMILES string of the molecule is COc1ccc(NC(=O)c2cc(S(=O)(=O)N3CCC(C)CC3)ccc2Cl)c(OC)c1. The van der Waals surface area contributed by atoms with Gasteiger partial charge in [-0.3, -0.25) is 4.79 Å². The van der Waals surface area contributed by atoms with E-state index >= 15 is 0 Å². The molecule has 0 atom stereocenters. The predicted octanol–water partition coefficient (Wildman–Crippen LogP) is 4.03. The molecule has 2 aromatic rings. The molecule has 2 aromatic carbocycles. The van der Waals surface area contributed by atoms with Gasteiger partial charge in [0.1, 0.15) is 11.5 Å². The first kappa shape index (κ1) is 22.4. The second kappa shape index (κ2) is 9.24. The fraction of sp³-hybridized carbons (Fsp3) is 0.381. The van der Waals surface area contributed by atoms with Crippen LogP contribution in [0.4, 0.5) is 5.69 Å². The summed E-state index contributed by atoms with van der Waals surface area (Å²) in [4.78, 5) is 12.9. The quantitative estimate of drug-likeness (QED) is 0.715. The van der Waals surface area contributed by atoms with Crippen LogP contribution in [0.3, 0.4) is 0 Å². The fourth-order valence-corrected chi connectivity index (χ4v) is 5.00. The van der Waals surface area contributed by atoms with Crippen LogP contribution in [-0.2, 0) is 10.0 Å². The number of rotatable bonds is 6. The zero-order chi connectivity index (χ0) is 21.9. The van der Waals surface area contributed by atoms with Crippen LogP contribution in [0, 0.1) is 5.92 Å². The Morgan fingerprint density at radius 2 is 1.80 bits per heavy atom. The van der Waals surface area contributed by atoms with Gasteiger partial charge in [0.2, 0.25) is 10.0 Å². The summed E-state index contributed by atoms with van der Waals surface area (Å²) in [5.41, 5.74) is 0.485. The van der Waals surface area contributed by atoms with Crippen LogP contribution in [0.1, 0.15) is 30.1 Å². The van der Waals surface area contributed by atoms with Crippen LogP contribution in [0.2, 0.25) is 5.02 Å². The molecule has 30 heavy (non-hydrogen) atoms. The van der Waals surface area contributed by atoms with Crippen LogP contribution in [0.5, 0.6) is 11.5 Å². The molecule has 1 aliphatic rings. The first-order valence-electron chi connectivity index (χ1n) is 9.59. The van der Waals surface area contributed by atoms with Crippen molar-refractivity contribution in [3.8, 4) is 11.5 Å². The van der Waals surface area contributed by atoms with Gasteiger partial charge in [-0.2, -0.15) is 4.31 Å². The van der Waals surface area contributed by atoms with E-state index in [1.807, 2.05) is 0 Å². The van der Waals surface area contributed by atoms with Crippen molar-refractivity contribution in [1.82, 2.24) is 4.31 Å². The summed E-state index contributed by atoms with van der Waals surface area (Å²) < 4.78 is 38.0. The van der Waals surface area contributed by atoms with E-state index in [1.54, 1.807) is 18.2 Å². The monoisotopic (exact) mass is 452 g/mol. The number of ether oxygens (including phenoxy) is 2. The molecule has 1 fully saturated rings. The minimum Gasteiger partial charge on any atom is -0.497 e. The lowest BCUT2D eigenvalue weighted by molar-refractivity contribution is 0.102. The van der Waals surface area contributed by atoms with Gasteiger partial charge in [-0.15, -0.1) is 0 Å². The highest BCUT2D eigenvalue weighted by Crippen LogP contribution is 2.31. The van der Waals surface area contributed by atoms with E-state index in [2.05, 4.69) is 12.2 Å². The second-order valence-corrected chi connectivity index (χ2v) is 9.59. The molecule has 1 amide bonds. The highest BCUT2D eigenvalue weighted by Gasteiger charge is 2.29. The predicted molar refractivity (Wildman–Crippen MR) is 116 cm³/mol. The molecule has 162 valence electrons. The average Bonchev–Trinajstić information content (AvgIpc) is 2.74. The van der Waals surface area contributed by atoms with Gasteiger partial charge in [0.15, 0.2) is 0 Å². The van der Waals surface area contributed by atoms with Crippen LogP contribution < -0.4 is 14.8 Å². The third kappa shape index (κ3) is 4.71. The minimum absolute atomic E-state index is 0.0494. The number of benzene rings is 2. The largest absolute Gasteiger partial charge is 0.497 e. The average molecular weight is 453 g/mol. The van der Waals surface area contributed by atoms with E-state index in [1.165, 1.54) is 36.7 Å². The van der Waals surface area contributed by atoms with Crippen molar-refractivity contribution in [3.63, 3.8) is 0 Å². The Kier molecular flexibility index (Phi) is 6.90. The van der Waals surface area contributed by atoms with Crippen molar-refractivity contribution in [1.29, 1.82) is 0 Å². The van der Waals surface area contributed by atoms with Gasteiger partial charge in [-0.25, -0.2) is 8.42 Å². The van der Waals surface area contributed by atoms with Crippen LogP contribution in [0.25, 0.3) is 0 Å². The normalized spacial score (nSPS) is 15.6. The van der Waals surface area contributed by atoms with Crippen molar-refractivity contribution in [2.75, 3.05) is 32.6 Å². The van der Waals surface area contributed by atoms with Crippen molar-refractivity contribution >= 4 is 33.2 Å². The molecule has 7 nitrogen and oxygen atoms in total. The lowest BCUT2D eigenvalue weighted by Gasteiger charge is -2.29. The van der Waals surface area contributed by atoms with Gasteiger partial charge in [-0.05, 0) is 49.1 Å². The Hall–Kier alpha value is -2.29. The molecule has 0 aromatic heterocycles. The highest BCUT2D eigenvalue weighted by atomic mass is 35.5. The van der Waals surface area contributed by atoms with E-state index in [0.29, 0.717) is 36.2 Å². The summed E-state index contributed by atoms with van der Waals surface area (Å²) in [7, 11) is -0.694. The van der Waals surface area contributed by atoms with E-state index in [9.17, 15) is 13.2 Å². The van der Waals surface area contributed by atoms with Gasteiger partial charge in [-0.1, -0.05) is 18.5 Å². The van der Waals surface area contributed by atoms with Gasteiger partial charge >= 0.3 is 0 Å². The molecule has 1 heterocycles. The summed E-state index contributed by atoms with van der Waals surface area (Å²) >= 11 is 6.21. The summed E-state index contributed by atoms with van der Waals surface area (Å²) in [5, 5.41) is 2.88. The van der Waals surface area contributed by atoms with Crippen molar-refractivity contribution < 1.29 is 22.7 Å². The van der Waals surface area contributed by atoms with Crippen molar-refractivity contribution in [2.24, 2.45) is 5.92 Å². The third-order valence-electron chi connectivity index (χ3n) is 5.22. The maximum absolute atomic E-state index is 13.0. The Morgan fingerprint density at radius 1 is 1.10 bits per heavy atom. The number of piperidine rings is 1. The summed E-state index contributed by atoms with van der Waals surface area (Å²) in [5.74, 6) is 0.951. The van der Waals surface area contributed by atoms with E-state index in [0.717, 1.165) is 12.8 Å². The standard InChI is InChI=1S/C21H25ClN2O5S/c1-14-8-10-24(11-9-14)30(26,27)16-5-6-18(22)17(13-16)21(25)23-19-7-4-15(28-2)12-20(19)29-3/h4-7,12-14H,8-11H2,1-3H3,(H,23,25). The smallest absolute Gasteiger partial charge is 0.257 e. The summed E-state index contributed by atoms with van der Waals surface area (Å²) in [6, 6.07) is 9.13. The number of methoxy groups -OCH3 is 2. The molecule has 1 saturated heterocycles. The Labute approximate surface area is 182 Å².